The maximum atomic E-state index is 11.2. The number of aromatic nitrogens is 1. The number of hydrogen-bond donors (Lipinski definition) is 4. The number of carbonyl (C=O) groups is 2. The van der Waals surface area contributed by atoms with E-state index in [2.05, 4.69) is 17.1 Å². The van der Waals surface area contributed by atoms with E-state index >= 15 is 0 Å². The average molecular weight is 582 g/mol. The fourth-order valence-electron chi connectivity index (χ4n) is 4.06. The van der Waals surface area contributed by atoms with E-state index in [4.69, 9.17) is 14.6 Å². The van der Waals surface area contributed by atoms with Crippen molar-refractivity contribution < 1.29 is 39.5 Å². The molecule has 0 aliphatic carbocycles. The van der Waals surface area contributed by atoms with Gasteiger partial charge in [-0.3, -0.25) is 0 Å². The summed E-state index contributed by atoms with van der Waals surface area (Å²) in [5, 5.41) is 37.2. The molecular formula is C31H35NO8S. The lowest BCUT2D eigenvalue weighted by Gasteiger charge is -2.21. The molecule has 0 atom stereocenters. The predicted octanol–water partition coefficient (Wildman–Crippen LogP) is 5.74. The van der Waals surface area contributed by atoms with Crippen molar-refractivity contribution in [1.29, 1.82) is 0 Å². The first-order valence-corrected chi connectivity index (χ1v) is 14.1. The number of pyridine rings is 1. The Bertz CT molecular complexity index is 1320. The van der Waals surface area contributed by atoms with Gasteiger partial charge in [0.15, 0.2) is 0 Å². The molecule has 0 radical (unpaired) electrons. The van der Waals surface area contributed by atoms with E-state index in [9.17, 15) is 24.9 Å². The second-order valence-electron chi connectivity index (χ2n) is 9.37. The molecule has 0 aliphatic heterocycles. The standard InChI is InChI=1S/C31H35NO8S/c1-39-25-14-12-22(13-15-25)9-6-4-2-3-5-7-20-40-27-17-18-28(32-26(27)16-19-29(33)34)41-31(37,38)24-11-8-10-23(21-24)30(35)36/h8,10-19,21,37-38H,2-7,9,20H2,1H3,(H,33,34)(H,35,36). The number of carboxylic acid groups (broad SMARTS) is 2. The number of aromatic carboxylic acids is 1. The van der Waals surface area contributed by atoms with Crippen LogP contribution in [-0.4, -0.2) is 51.1 Å². The van der Waals surface area contributed by atoms with E-state index in [1.165, 1.54) is 42.0 Å². The monoisotopic (exact) mass is 581 g/mol. The number of thioether (sulfide) groups is 1. The fraction of sp³-hybridized carbons (Fsp3) is 0.323. The van der Waals surface area contributed by atoms with E-state index in [1.54, 1.807) is 13.2 Å². The minimum atomic E-state index is -2.47. The number of ether oxygens (including phenoxy) is 2. The van der Waals surface area contributed by atoms with Crippen LogP contribution in [0.4, 0.5) is 0 Å². The van der Waals surface area contributed by atoms with Gasteiger partial charge in [0.1, 0.15) is 22.2 Å². The molecule has 1 aromatic heterocycles. The van der Waals surface area contributed by atoms with Gasteiger partial charge in [-0.25, -0.2) is 14.6 Å². The number of aryl methyl sites for hydroxylation is 1. The number of methoxy groups -OCH3 is 1. The largest absolute Gasteiger partial charge is 0.497 e. The zero-order chi connectivity index (χ0) is 29.7. The molecule has 0 unspecified atom stereocenters. The molecular weight excluding hydrogens is 546 g/mol. The third kappa shape index (κ3) is 10.6. The molecule has 3 rings (SSSR count). The van der Waals surface area contributed by atoms with E-state index in [0.717, 1.165) is 56.8 Å². The van der Waals surface area contributed by atoms with Gasteiger partial charge in [0, 0.05) is 11.6 Å². The van der Waals surface area contributed by atoms with E-state index < -0.39 is 17.1 Å². The highest BCUT2D eigenvalue weighted by Gasteiger charge is 2.29. The summed E-state index contributed by atoms with van der Waals surface area (Å²) < 4.78 is 11.1. The molecule has 0 saturated heterocycles. The Balaban J connectivity index is 1.49. The highest BCUT2D eigenvalue weighted by molar-refractivity contribution is 7.99. The summed E-state index contributed by atoms with van der Waals surface area (Å²) in [6.45, 7) is 0.430. The Labute approximate surface area is 243 Å². The van der Waals surface area contributed by atoms with E-state index in [0.29, 0.717) is 24.1 Å². The molecule has 1 heterocycles. The summed E-state index contributed by atoms with van der Waals surface area (Å²) in [6.07, 6.45) is 9.58. The Morgan fingerprint density at radius 1 is 0.927 bits per heavy atom. The lowest BCUT2D eigenvalue weighted by Crippen LogP contribution is -2.21. The molecule has 0 bridgehead atoms. The first kappa shape index (κ1) is 31.7. The molecule has 0 fully saturated rings. The van der Waals surface area contributed by atoms with Crippen molar-refractivity contribution in [2.75, 3.05) is 13.7 Å². The number of aliphatic hydroxyl groups is 2. The molecule has 4 N–H and O–H groups in total. The predicted molar refractivity (Wildman–Crippen MR) is 156 cm³/mol. The number of hydrogen-bond acceptors (Lipinski definition) is 8. The molecule has 3 aromatic rings. The van der Waals surface area contributed by atoms with Gasteiger partial charge in [-0.05, 0) is 79.1 Å². The van der Waals surface area contributed by atoms with Crippen molar-refractivity contribution in [3.05, 3.63) is 89.1 Å². The zero-order valence-corrected chi connectivity index (χ0v) is 23.7. The lowest BCUT2D eigenvalue weighted by molar-refractivity contribution is -0.131. The highest BCUT2D eigenvalue weighted by Crippen LogP contribution is 2.37. The van der Waals surface area contributed by atoms with Crippen LogP contribution in [0, 0.1) is 0 Å². The van der Waals surface area contributed by atoms with Crippen molar-refractivity contribution in [2.45, 2.75) is 55.1 Å². The molecule has 10 heteroatoms. The highest BCUT2D eigenvalue weighted by atomic mass is 32.2. The number of benzene rings is 2. The number of unbranched alkanes of at least 4 members (excludes halogenated alkanes) is 5. The minimum Gasteiger partial charge on any atom is -0.497 e. The Morgan fingerprint density at radius 2 is 1.63 bits per heavy atom. The van der Waals surface area contributed by atoms with Crippen molar-refractivity contribution in [3.8, 4) is 11.5 Å². The Kier molecular flexibility index (Phi) is 12.2. The average Bonchev–Trinajstić information content (AvgIpc) is 2.96. The molecule has 2 aromatic carbocycles. The van der Waals surface area contributed by atoms with Crippen LogP contribution in [0.25, 0.3) is 6.08 Å². The van der Waals surface area contributed by atoms with Crippen LogP contribution >= 0.6 is 11.8 Å². The van der Waals surface area contributed by atoms with Crippen molar-refractivity contribution in [3.63, 3.8) is 0 Å². The van der Waals surface area contributed by atoms with Crippen LogP contribution in [0.3, 0.4) is 0 Å². The van der Waals surface area contributed by atoms with Crippen LogP contribution in [0.15, 0.2) is 71.8 Å². The molecule has 0 saturated carbocycles. The summed E-state index contributed by atoms with van der Waals surface area (Å²) in [6, 6.07) is 16.6. The number of aliphatic carboxylic acids is 1. The van der Waals surface area contributed by atoms with Crippen LogP contribution in [-0.2, 0) is 16.3 Å². The zero-order valence-electron chi connectivity index (χ0n) is 22.9. The van der Waals surface area contributed by atoms with Gasteiger partial charge in [-0.15, -0.1) is 0 Å². The quantitative estimate of drug-likeness (QED) is 0.0674. The number of rotatable bonds is 17. The van der Waals surface area contributed by atoms with Gasteiger partial charge in [-0.1, -0.05) is 49.9 Å². The first-order chi connectivity index (χ1) is 19.7. The molecule has 0 aliphatic rings. The second kappa shape index (κ2) is 15.8. The summed E-state index contributed by atoms with van der Waals surface area (Å²) in [7, 11) is 1.66. The van der Waals surface area contributed by atoms with Crippen LogP contribution in [0.2, 0.25) is 0 Å². The van der Waals surface area contributed by atoms with Crippen molar-refractivity contribution in [2.24, 2.45) is 0 Å². The van der Waals surface area contributed by atoms with Gasteiger partial charge in [-0.2, -0.15) is 0 Å². The smallest absolute Gasteiger partial charge is 0.335 e. The van der Waals surface area contributed by atoms with Gasteiger partial charge >= 0.3 is 11.9 Å². The van der Waals surface area contributed by atoms with Gasteiger partial charge in [0.2, 0.25) is 5.12 Å². The Morgan fingerprint density at radius 3 is 2.32 bits per heavy atom. The van der Waals surface area contributed by atoms with Crippen LogP contribution < -0.4 is 9.47 Å². The van der Waals surface area contributed by atoms with Gasteiger partial charge < -0.3 is 29.9 Å². The molecule has 218 valence electrons. The maximum Gasteiger partial charge on any atom is 0.335 e. The SMILES string of the molecule is COc1ccc(CCCCCCCCOc2ccc(SC(O)(O)c3cccc(C(=O)O)c3)nc2C=CC(=O)O)cc1. The van der Waals surface area contributed by atoms with Gasteiger partial charge in [0.05, 0.1) is 19.3 Å². The van der Waals surface area contributed by atoms with Gasteiger partial charge in [0.25, 0.3) is 0 Å². The van der Waals surface area contributed by atoms with Crippen molar-refractivity contribution >= 4 is 29.8 Å². The van der Waals surface area contributed by atoms with Crippen molar-refractivity contribution in [1.82, 2.24) is 4.98 Å². The summed E-state index contributed by atoms with van der Waals surface area (Å²) in [4.78, 5) is 26.7. The normalized spacial score (nSPS) is 11.5. The summed E-state index contributed by atoms with van der Waals surface area (Å²) in [5.41, 5.74) is 1.41. The van der Waals surface area contributed by atoms with Crippen LogP contribution in [0.5, 0.6) is 11.5 Å². The number of nitrogens with zero attached hydrogens (tertiary/aromatic N) is 1. The maximum absolute atomic E-state index is 11.2. The second-order valence-corrected chi connectivity index (χ2v) is 10.6. The molecule has 0 spiro atoms. The van der Waals surface area contributed by atoms with E-state index in [-0.39, 0.29) is 21.8 Å². The molecule has 0 amide bonds. The number of carboxylic acids is 2. The molecule has 9 nitrogen and oxygen atoms in total. The fourth-order valence-corrected chi connectivity index (χ4v) is 4.88. The minimum absolute atomic E-state index is 0.0344. The third-order valence-corrected chi connectivity index (χ3v) is 7.21. The summed E-state index contributed by atoms with van der Waals surface area (Å²) >= 11 is 0.583. The summed E-state index contributed by atoms with van der Waals surface area (Å²) in [5.74, 6) is -1.12. The topological polar surface area (TPSA) is 146 Å². The van der Waals surface area contributed by atoms with Crippen LogP contribution in [0.1, 0.15) is 65.7 Å². The van der Waals surface area contributed by atoms with E-state index in [1.807, 2.05) is 12.1 Å². The third-order valence-electron chi connectivity index (χ3n) is 6.25. The first-order valence-electron chi connectivity index (χ1n) is 13.3. The Hall–Kier alpha value is -3.86. The molecule has 41 heavy (non-hydrogen) atoms. The lowest BCUT2D eigenvalue weighted by atomic mass is 10.0.